The molecule has 0 bridgehead atoms. The van der Waals surface area contributed by atoms with Crippen LogP contribution in [0.25, 0.3) is 6.08 Å². The second kappa shape index (κ2) is 4.82. The number of hydrogen-bond acceptors (Lipinski definition) is 3. The molecule has 1 rings (SSSR count). The van der Waals surface area contributed by atoms with Gasteiger partial charge in [-0.25, -0.2) is 9.97 Å². The highest BCUT2D eigenvalue weighted by molar-refractivity contribution is 6.17. The molecular weight excluding hydrogens is 186 g/mol. The van der Waals surface area contributed by atoms with Gasteiger partial charge < -0.3 is 5.73 Å². The van der Waals surface area contributed by atoms with Crippen LogP contribution in [0.3, 0.4) is 0 Å². The van der Waals surface area contributed by atoms with Gasteiger partial charge in [-0.05, 0) is 13.3 Å². The summed E-state index contributed by atoms with van der Waals surface area (Å²) < 4.78 is 0. The molecule has 0 spiro atoms. The zero-order valence-electron chi connectivity index (χ0n) is 7.50. The highest BCUT2D eigenvalue weighted by atomic mass is 35.5. The summed E-state index contributed by atoms with van der Waals surface area (Å²) in [4.78, 5) is 7.94. The van der Waals surface area contributed by atoms with Gasteiger partial charge >= 0.3 is 0 Å². The van der Waals surface area contributed by atoms with Crippen LogP contribution in [0.4, 0.5) is 5.95 Å². The van der Waals surface area contributed by atoms with E-state index in [1.165, 1.54) is 0 Å². The molecular formula is C9H12ClN3. The van der Waals surface area contributed by atoms with Gasteiger partial charge in [-0.2, -0.15) is 0 Å². The van der Waals surface area contributed by atoms with Crippen LogP contribution in [0.15, 0.2) is 12.3 Å². The smallest absolute Gasteiger partial charge is 0.220 e. The highest BCUT2D eigenvalue weighted by Gasteiger charge is 1.96. The van der Waals surface area contributed by atoms with Crippen molar-refractivity contribution in [2.75, 3.05) is 11.6 Å². The molecule has 70 valence electrons. The molecule has 0 atom stereocenters. The highest BCUT2D eigenvalue weighted by Crippen LogP contribution is 2.07. The van der Waals surface area contributed by atoms with Crippen LogP contribution in [0.5, 0.6) is 0 Å². The van der Waals surface area contributed by atoms with E-state index in [0.29, 0.717) is 11.8 Å². The number of nitrogen functional groups attached to an aromatic ring is 1. The van der Waals surface area contributed by atoms with Gasteiger partial charge in [0.25, 0.3) is 0 Å². The summed E-state index contributed by atoms with van der Waals surface area (Å²) in [5.74, 6) is 0.942. The lowest BCUT2D eigenvalue weighted by Gasteiger charge is -1.98. The fourth-order valence-corrected chi connectivity index (χ4v) is 1.06. The summed E-state index contributed by atoms with van der Waals surface area (Å²) in [5, 5.41) is 0. The van der Waals surface area contributed by atoms with Crippen molar-refractivity contribution in [2.24, 2.45) is 0 Å². The number of anilines is 1. The zero-order chi connectivity index (χ0) is 9.68. The Bertz CT molecular complexity index is 310. The van der Waals surface area contributed by atoms with Gasteiger partial charge in [-0.15, -0.1) is 11.6 Å². The van der Waals surface area contributed by atoms with Gasteiger partial charge in [0.1, 0.15) is 0 Å². The summed E-state index contributed by atoms with van der Waals surface area (Å²) in [6.45, 7) is 1.90. The van der Waals surface area contributed by atoms with E-state index in [4.69, 9.17) is 17.3 Å². The minimum atomic E-state index is 0.312. The number of rotatable bonds is 3. The summed E-state index contributed by atoms with van der Waals surface area (Å²) in [7, 11) is 0. The largest absolute Gasteiger partial charge is 0.368 e. The Balaban J connectivity index is 2.77. The van der Waals surface area contributed by atoms with Crippen molar-refractivity contribution in [3.05, 3.63) is 23.5 Å². The van der Waals surface area contributed by atoms with Crippen LogP contribution >= 0.6 is 11.6 Å². The van der Waals surface area contributed by atoms with E-state index in [9.17, 15) is 0 Å². The third kappa shape index (κ3) is 3.03. The fourth-order valence-electron chi connectivity index (χ4n) is 0.931. The average molecular weight is 198 g/mol. The lowest BCUT2D eigenvalue weighted by Crippen LogP contribution is -1.97. The first-order valence-corrected chi connectivity index (χ1v) is 4.59. The first-order chi connectivity index (χ1) is 6.24. The summed E-state index contributed by atoms with van der Waals surface area (Å²) >= 11 is 5.53. The lowest BCUT2D eigenvalue weighted by atomic mass is 10.2. The molecule has 0 saturated heterocycles. The number of aryl methyl sites for hydroxylation is 1. The van der Waals surface area contributed by atoms with E-state index in [1.54, 1.807) is 6.20 Å². The minimum Gasteiger partial charge on any atom is -0.368 e. The maximum Gasteiger partial charge on any atom is 0.220 e. The van der Waals surface area contributed by atoms with Gasteiger partial charge in [0.15, 0.2) is 0 Å². The SMILES string of the molecule is Cc1nc(N)ncc1C=CCCCl. The number of halogens is 1. The average Bonchev–Trinajstić information content (AvgIpc) is 2.09. The van der Waals surface area contributed by atoms with E-state index < -0.39 is 0 Å². The Kier molecular flexibility index (Phi) is 3.71. The first-order valence-electron chi connectivity index (χ1n) is 4.05. The van der Waals surface area contributed by atoms with Crippen molar-refractivity contribution >= 4 is 23.6 Å². The predicted molar refractivity (Wildman–Crippen MR) is 55.6 cm³/mol. The lowest BCUT2D eigenvalue weighted by molar-refractivity contribution is 1.11. The van der Waals surface area contributed by atoms with Gasteiger partial charge in [0.05, 0.1) is 5.69 Å². The van der Waals surface area contributed by atoms with E-state index in [0.717, 1.165) is 17.7 Å². The molecule has 0 radical (unpaired) electrons. The molecule has 13 heavy (non-hydrogen) atoms. The van der Waals surface area contributed by atoms with Crippen LogP contribution in [-0.4, -0.2) is 15.8 Å². The maximum atomic E-state index is 5.53. The van der Waals surface area contributed by atoms with Crippen LogP contribution in [-0.2, 0) is 0 Å². The first kappa shape index (κ1) is 9.99. The Labute approximate surface area is 82.6 Å². The predicted octanol–water partition coefficient (Wildman–Crippen LogP) is 2.01. The molecule has 3 nitrogen and oxygen atoms in total. The fraction of sp³-hybridized carbons (Fsp3) is 0.333. The quantitative estimate of drug-likeness (QED) is 0.755. The molecule has 0 saturated carbocycles. The topological polar surface area (TPSA) is 51.8 Å². The van der Waals surface area contributed by atoms with E-state index >= 15 is 0 Å². The molecule has 0 unspecified atom stereocenters. The zero-order valence-corrected chi connectivity index (χ0v) is 8.25. The third-order valence-electron chi connectivity index (χ3n) is 1.61. The van der Waals surface area contributed by atoms with Crippen molar-refractivity contribution in [1.82, 2.24) is 9.97 Å². The van der Waals surface area contributed by atoms with Crippen molar-refractivity contribution < 1.29 is 0 Å². The molecule has 0 aromatic carbocycles. The van der Waals surface area contributed by atoms with Gasteiger partial charge in [0, 0.05) is 17.6 Å². The molecule has 1 heterocycles. The van der Waals surface area contributed by atoms with Crippen molar-refractivity contribution in [3.63, 3.8) is 0 Å². The molecule has 2 N–H and O–H groups in total. The van der Waals surface area contributed by atoms with Crippen molar-refractivity contribution in [3.8, 4) is 0 Å². The summed E-state index contributed by atoms with van der Waals surface area (Å²) in [6.07, 6.45) is 6.51. The Morgan fingerprint density at radius 1 is 1.62 bits per heavy atom. The van der Waals surface area contributed by atoms with Gasteiger partial charge in [-0.1, -0.05) is 12.2 Å². The Morgan fingerprint density at radius 3 is 3.00 bits per heavy atom. The summed E-state index contributed by atoms with van der Waals surface area (Å²) in [5.41, 5.74) is 7.29. The Hall–Kier alpha value is -1.09. The van der Waals surface area contributed by atoms with Crippen LogP contribution < -0.4 is 5.73 Å². The van der Waals surface area contributed by atoms with Crippen molar-refractivity contribution in [1.29, 1.82) is 0 Å². The normalized spacial score (nSPS) is 10.9. The van der Waals surface area contributed by atoms with E-state index in [2.05, 4.69) is 9.97 Å². The number of alkyl halides is 1. The second-order valence-corrected chi connectivity index (χ2v) is 3.03. The number of aromatic nitrogens is 2. The minimum absolute atomic E-state index is 0.312. The van der Waals surface area contributed by atoms with Crippen LogP contribution in [0.1, 0.15) is 17.7 Å². The van der Waals surface area contributed by atoms with Crippen molar-refractivity contribution in [2.45, 2.75) is 13.3 Å². The number of nitrogens with zero attached hydrogens (tertiary/aromatic N) is 2. The van der Waals surface area contributed by atoms with Crippen LogP contribution in [0, 0.1) is 6.92 Å². The van der Waals surface area contributed by atoms with Gasteiger partial charge in [0.2, 0.25) is 5.95 Å². The standard InChI is InChI=1S/C9H12ClN3/c1-7-8(4-2-3-5-10)6-12-9(11)13-7/h2,4,6H,3,5H2,1H3,(H2,11,12,13). The third-order valence-corrected chi connectivity index (χ3v) is 1.83. The number of nitrogens with two attached hydrogens (primary N) is 1. The molecule has 1 aromatic rings. The summed E-state index contributed by atoms with van der Waals surface area (Å²) in [6, 6.07) is 0. The molecule has 0 aliphatic carbocycles. The van der Waals surface area contributed by atoms with E-state index in [1.807, 2.05) is 19.1 Å². The number of allylic oxidation sites excluding steroid dienone is 1. The molecule has 1 aromatic heterocycles. The second-order valence-electron chi connectivity index (χ2n) is 2.65. The molecule has 0 aliphatic heterocycles. The van der Waals surface area contributed by atoms with Crippen LogP contribution in [0.2, 0.25) is 0 Å². The monoisotopic (exact) mass is 197 g/mol. The van der Waals surface area contributed by atoms with Gasteiger partial charge in [-0.3, -0.25) is 0 Å². The maximum absolute atomic E-state index is 5.53. The van der Waals surface area contributed by atoms with E-state index in [-0.39, 0.29) is 0 Å². The molecule has 0 amide bonds. The molecule has 0 aliphatic rings. The molecule has 0 fully saturated rings. The Morgan fingerprint density at radius 2 is 2.38 bits per heavy atom. The number of hydrogen-bond donors (Lipinski definition) is 1. The molecule has 4 heteroatoms.